The lowest BCUT2D eigenvalue weighted by Crippen LogP contribution is -2.50. The average Bonchev–Trinajstić information content (AvgIpc) is 3.30. The maximum Gasteiger partial charge on any atom is 0.225 e. The van der Waals surface area contributed by atoms with Crippen LogP contribution in [0.4, 0.5) is 0 Å². The first kappa shape index (κ1) is 15.0. The van der Waals surface area contributed by atoms with Crippen LogP contribution in [0.5, 0.6) is 5.75 Å². The second kappa shape index (κ2) is 6.16. The number of benzene rings is 1. The second-order valence-corrected chi connectivity index (χ2v) is 7.35. The van der Waals surface area contributed by atoms with Crippen LogP contribution in [-0.4, -0.2) is 36.5 Å². The highest BCUT2D eigenvalue weighted by atomic mass is 16.5. The van der Waals surface area contributed by atoms with Crippen LogP contribution in [0.1, 0.15) is 37.3 Å². The third-order valence-electron chi connectivity index (χ3n) is 5.47. The Kier molecular flexibility index (Phi) is 4.02. The second-order valence-electron chi connectivity index (χ2n) is 7.35. The third-order valence-corrected chi connectivity index (χ3v) is 5.47. The number of carbonyl (C=O) groups is 1. The number of fused-ring (bicyclic) bond motifs is 1. The van der Waals surface area contributed by atoms with Gasteiger partial charge in [-0.2, -0.15) is 0 Å². The summed E-state index contributed by atoms with van der Waals surface area (Å²) in [6.07, 6.45) is 4.30. The summed E-state index contributed by atoms with van der Waals surface area (Å²) in [6.45, 7) is 5.80. The van der Waals surface area contributed by atoms with E-state index in [9.17, 15) is 4.79 Å². The molecule has 1 saturated carbocycles. The Morgan fingerprint density at radius 2 is 2.22 bits per heavy atom. The van der Waals surface area contributed by atoms with Crippen LogP contribution in [0.25, 0.3) is 0 Å². The highest BCUT2D eigenvalue weighted by Crippen LogP contribution is 2.32. The van der Waals surface area contributed by atoms with E-state index in [2.05, 4.69) is 35.3 Å². The molecule has 0 spiro atoms. The van der Waals surface area contributed by atoms with E-state index in [1.54, 1.807) is 0 Å². The van der Waals surface area contributed by atoms with Crippen molar-refractivity contribution in [3.8, 4) is 5.75 Å². The lowest BCUT2D eigenvalue weighted by molar-refractivity contribution is -0.134. The van der Waals surface area contributed by atoms with E-state index in [0.29, 0.717) is 23.8 Å². The molecule has 4 nitrogen and oxygen atoms in total. The zero-order valence-corrected chi connectivity index (χ0v) is 13.9. The molecule has 4 rings (SSSR count). The first-order valence-corrected chi connectivity index (χ1v) is 8.97. The molecule has 2 heterocycles. The molecule has 2 atom stereocenters. The number of amides is 1. The lowest BCUT2D eigenvalue weighted by atomic mass is 9.93. The molecule has 1 N–H and O–H groups in total. The molecule has 3 aliphatic rings. The van der Waals surface area contributed by atoms with E-state index in [1.807, 2.05) is 0 Å². The van der Waals surface area contributed by atoms with Gasteiger partial charge in [-0.15, -0.1) is 0 Å². The molecule has 1 aromatic rings. The van der Waals surface area contributed by atoms with Gasteiger partial charge in [0.05, 0.1) is 6.61 Å². The van der Waals surface area contributed by atoms with Crippen molar-refractivity contribution in [1.82, 2.24) is 10.2 Å². The van der Waals surface area contributed by atoms with Crippen LogP contribution in [0.3, 0.4) is 0 Å². The molecular formula is C19H26N2O2. The Balaban J connectivity index is 1.30. The van der Waals surface area contributed by atoms with Gasteiger partial charge in [-0.1, -0.05) is 19.1 Å². The fraction of sp³-hybridized carbons (Fsp3) is 0.632. The van der Waals surface area contributed by atoms with Crippen LogP contribution in [0.15, 0.2) is 18.2 Å². The predicted molar refractivity (Wildman–Crippen MR) is 89.4 cm³/mol. The number of likely N-dealkylation sites (tertiary alicyclic amines) is 1. The van der Waals surface area contributed by atoms with Gasteiger partial charge < -0.3 is 15.0 Å². The summed E-state index contributed by atoms with van der Waals surface area (Å²) < 4.78 is 5.57. The van der Waals surface area contributed by atoms with Crippen LogP contribution in [0.2, 0.25) is 0 Å². The van der Waals surface area contributed by atoms with Gasteiger partial charge in [-0.25, -0.2) is 0 Å². The summed E-state index contributed by atoms with van der Waals surface area (Å²) in [7, 11) is 0. The highest BCUT2D eigenvalue weighted by Gasteiger charge is 2.36. The molecule has 1 aromatic carbocycles. The Labute approximate surface area is 138 Å². The molecule has 1 saturated heterocycles. The molecule has 2 aliphatic heterocycles. The first-order valence-electron chi connectivity index (χ1n) is 8.97. The van der Waals surface area contributed by atoms with Crippen LogP contribution >= 0.6 is 0 Å². The zero-order valence-electron chi connectivity index (χ0n) is 13.9. The number of carbonyl (C=O) groups excluding carboxylic acids is 1. The van der Waals surface area contributed by atoms with Gasteiger partial charge in [0.2, 0.25) is 5.91 Å². The molecule has 1 amide bonds. The van der Waals surface area contributed by atoms with Gasteiger partial charge >= 0.3 is 0 Å². The van der Waals surface area contributed by atoms with Gasteiger partial charge in [0.25, 0.3) is 0 Å². The zero-order chi connectivity index (χ0) is 15.8. The average molecular weight is 314 g/mol. The quantitative estimate of drug-likeness (QED) is 0.927. The fourth-order valence-corrected chi connectivity index (χ4v) is 3.84. The molecule has 1 aliphatic carbocycles. The van der Waals surface area contributed by atoms with Crippen molar-refractivity contribution in [2.24, 2.45) is 11.8 Å². The van der Waals surface area contributed by atoms with Crippen molar-refractivity contribution < 1.29 is 9.53 Å². The summed E-state index contributed by atoms with van der Waals surface area (Å²) in [4.78, 5) is 14.3. The Morgan fingerprint density at radius 1 is 1.35 bits per heavy atom. The largest absolute Gasteiger partial charge is 0.493 e. The van der Waals surface area contributed by atoms with Gasteiger partial charge in [-0.3, -0.25) is 4.79 Å². The topological polar surface area (TPSA) is 41.6 Å². The summed E-state index contributed by atoms with van der Waals surface area (Å²) >= 11 is 0. The van der Waals surface area contributed by atoms with Crippen LogP contribution < -0.4 is 10.1 Å². The number of hydrogen-bond acceptors (Lipinski definition) is 3. The van der Waals surface area contributed by atoms with E-state index in [0.717, 1.165) is 57.7 Å². The Bertz CT molecular complexity index is 597. The van der Waals surface area contributed by atoms with E-state index < -0.39 is 0 Å². The number of ether oxygens (including phenoxy) is 1. The minimum atomic E-state index is 0.348. The molecule has 0 radical (unpaired) electrons. The molecular weight excluding hydrogens is 288 g/mol. The Hall–Kier alpha value is -1.55. The van der Waals surface area contributed by atoms with Gasteiger partial charge in [0.15, 0.2) is 0 Å². The third kappa shape index (κ3) is 3.23. The van der Waals surface area contributed by atoms with Crippen molar-refractivity contribution in [3.05, 3.63) is 29.3 Å². The molecule has 124 valence electrons. The van der Waals surface area contributed by atoms with Crippen molar-refractivity contribution in [1.29, 1.82) is 0 Å². The van der Waals surface area contributed by atoms with Gasteiger partial charge in [0.1, 0.15) is 5.75 Å². The number of hydrogen-bond donors (Lipinski definition) is 1. The van der Waals surface area contributed by atoms with Crippen LogP contribution in [0, 0.1) is 11.8 Å². The number of piperidine rings is 1. The van der Waals surface area contributed by atoms with Crippen molar-refractivity contribution in [3.63, 3.8) is 0 Å². The van der Waals surface area contributed by atoms with Gasteiger partial charge in [-0.05, 0) is 42.4 Å². The lowest BCUT2D eigenvalue weighted by Gasteiger charge is -2.37. The molecule has 0 bridgehead atoms. The van der Waals surface area contributed by atoms with E-state index in [4.69, 9.17) is 4.74 Å². The van der Waals surface area contributed by atoms with E-state index in [1.165, 1.54) is 11.1 Å². The molecule has 4 heteroatoms. The van der Waals surface area contributed by atoms with Crippen molar-refractivity contribution in [2.75, 3.05) is 19.7 Å². The minimum Gasteiger partial charge on any atom is -0.493 e. The number of rotatable bonds is 4. The summed E-state index contributed by atoms with van der Waals surface area (Å²) in [5.74, 6) is 2.31. The van der Waals surface area contributed by atoms with Crippen molar-refractivity contribution in [2.45, 2.75) is 45.2 Å². The maximum absolute atomic E-state index is 12.2. The summed E-state index contributed by atoms with van der Waals surface area (Å²) in [6, 6.07) is 7.03. The summed E-state index contributed by atoms with van der Waals surface area (Å²) in [5, 5.41) is 3.70. The van der Waals surface area contributed by atoms with Crippen LogP contribution in [-0.2, 0) is 17.8 Å². The summed E-state index contributed by atoms with van der Waals surface area (Å²) in [5.41, 5.74) is 2.67. The first-order chi connectivity index (χ1) is 11.2. The molecule has 2 unspecified atom stereocenters. The van der Waals surface area contributed by atoms with Crippen molar-refractivity contribution >= 4 is 5.91 Å². The predicted octanol–water partition coefficient (Wildman–Crippen LogP) is 2.36. The number of nitrogens with one attached hydrogen (secondary N) is 1. The smallest absolute Gasteiger partial charge is 0.225 e. The normalized spacial score (nSPS) is 26.7. The maximum atomic E-state index is 12.2. The molecule has 23 heavy (non-hydrogen) atoms. The monoisotopic (exact) mass is 314 g/mol. The fourth-order valence-electron chi connectivity index (χ4n) is 3.84. The minimum absolute atomic E-state index is 0.348. The standard InChI is InChI=1S/C19H26N2O2/c1-13-12-21(19(22)15-3-4-15)8-6-17(13)20-11-14-2-5-18-16(10-14)7-9-23-18/h2,5,10,13,15,17,20H,3-4,6-9,11-12H2,1H3. The van der Waals surface area contributed by atoms with E-state index >= 15 is 0 Å². The highest BCUT2D eigenvalue weighted by molar-refractivity contribution is 5.81. The number of nitrogens with zero attached hydrogens (tertiary/aromatic N) is 1. The molecule has 0 aromatic heterocycles. The molecule has 2 fully saturated rings. The Morgan fingerprint density at radius 3 is 3.00 bits per heavy atom. The SMILES string of the molecule is CC1CN(C(=O)C2CC2)CCC1NCc1ccc2c(c1)CCO2. The van der Waals surface area contributed by atoms with Gasteiger partial charge in [0, 0.05) is 38.0 Å². The van der Waals surface area contributed by atoms with E-state index in [-0.39, 0.29) is 0 Å².